The van der Waals surface area contributed by atoms with Gasteiger partial charge in [0, 0.05) is 5.56 Å². The molecule has 0 aromatic heterocycles. The molecule has 2 rings (SSSR count). The number of phenols is 1. The Bertz CT molecular complexity index is 727. The van der Waals surface area contributed by atoms with E-state index in [1.807, 2.05) is 24.3 Å². The zero-order valence-corrected chi connectivity index (χ0v) is 14.4. The number of nitrogens with one attached hydrogen (secondary N) is 1. The molecule has 0 unspecified atom stereocenters. The summed E-state index contributed by atoms with van der Waals surface area (Å²) in [6, 6.07) is 12.7. The molecule has 2 aromatic carbocycles. The second-order valence-corrected chi connectivity index (χ2v) is 5.37. The number of nitrogens with zero attached hydrogens (tertiary/aromatic N) is 1. The summed E-state index contributed by atoms with van der Waals surface area (Å²) in [4.78, 5) is 11.7. The van der Waals surface area contributed by atoms with Crippen molar-refractivity contribution in [3.63, 3.8) is 0 Å². The number of aromatic hydroxyl groups is 1. The van der Waals surface area contributed by atoms with Gasteiger partial charge in [0.15, 0.2) is 18.1 Å². The van der Waals surface area contributed by atoms with Gasteiger partial charge in [-0.25, -0.2) is 5.43 Å². The van der Waals surface area contributed by atoms with Crippen molar-refractivity contribution in [1.82, 2.24) is 5.43 Å². The summed E-state index contributed by atoms with van der Waals surface area (Å²) in [6.07, 6.45) is 3.45. The van der Waals surface area contributed by atoms with Gasteiger partial charge in [0.05, 0.1) is 13.3 Å². The summed E-state index contributed by atoms with van der Waals surface area (Å²) in [5.41, 5.74) is 4.03. The van der Waals surface area contributed by atoms with Gasteiger partial charge < -0.3 is 14.6 Å². The molecule has 0 aliphatic rings. The zero-order chi connectivity index (χ0) is 18.1. The number of methoxy groups -OCH3 is 1. The van der Waals surface area contributed by atoms with Crippen molar-refractivity contribution in [2.75, 3.05) is 13.7 Å². The van der Waals surface area contributed by atoms with Crippen LogP contribution in [0.5, 0.6) is 17.2 Å². The zero-order valence-electron chi connectivity index (χ0n) is 14.4. The van der Waals surface area contributed by atoms with Gasteiger partial charge in [0.2, 0.25) is 0 Å². The van der Waals surface area contributed by atoms with Crippen LogP contribution in [-0.2, 0) is 11.2 Å². The number of hydrogen-bond donors (Lipinski definition) is 2. The monoisotopic (exact) mass is 342 g/mol. The summed E-state index contributed by atoms with van der Waals surface area (Å²) in [5, 5.41) is 13.7. The predicted molar refractivity (Wildman–Crippen MR) is 96.3 cm³/mol. The lowest BCUT2D eigenvalue weighted by atomic mass is 10.1. The van der Waals surface area contributed by atoms with Crippen LogP contribution in [0.25, 0.3) is 0 Å². The molecule has 132 valence electrons. The summed E-state index contributed by atoms with van der Waals surface area (Å²) in [5.74, 6) is 0.539. The van der Waals surface area contributed by atoms with Crippen LogP contribution in [0.15, 0.2) is 47.6 Å². The molecule has 0 heterocycles. The highest BCUT2D eigenvalue weighted by molar-refractivity contribution is 5.86. The number of carbonyl (C=O) groups excluding carboxylic acids is 1. The van der Waals surface area contributed by atoms with Crippen LogP contribution in [0.1, 0.15) is 24.5 Å². The van der Waals surface area contributed by atoms with Crippen molar-refractivity contribution in [1.29, 1.82) is 0 Å². The van der Waals surface area contributed by atoms with Gasteiger partial charge in [-0.2, -0.15) is 5.10 Å². The lowest BCUT2D eigenvalue weighted by Crippen LogP contribution is -2.24. The number of aryl methyl sites for hydroxylation is 1. The quantitative estimate of drug-likeness (QED) is 0.571. The summed E-state index contributed by atoms with van der Waals surface area (Å²) in [6.45, 7) is 1.98. The number of hydrazone groups is 1. The first-order chi connectivity index (χ1) is 12.1. The van der Waals surface area contributed by atoms with Gasteiger partial charge in [-0.1, -0.05) is 31.5 Å². The first-order valence-electron chi connectivity index (χ1n) is 8.03. The highest BCUT2D eigenvalue weighted by Crippen LogP contribution is 2.27. The highest BCUT2D eigenvalue weighted by atomic mass is 16.5. The van der Waals surface area contributed by atoms with Crippen molar-refractivity contribution < 1.29 is 19.4 Å². The van der Waals surface area contributed by atoms with E-state index in [1.54, 1.807) is 18.2 Å². The van der Waals surface area contributed by atoms with E-state index in [1.165, 1.54) is 18.9 Å². The fourth-order valence-electron chi connectivity index (χ4n) is 2.20. The first-order valence-corrected chi connectivity index (χ1v) is 8.03. The highest BCUT2D eigenvalue weighted by Gasteiger charge is 2.05. The molecule has 0 atom stereocenters. The normalized spacial score (nSPS) is 10.6. The summed E-state index contributed by atoms with van der Waals surface area (Å²) < 4.78 is 10.4. The van der Waals surface area contributed by atoms with Gasteiger partial charge in [0.1, 0.15) is 5.75 Å². The molecule has 0 spiro atoms. The number of carbonyl (C=O) groups is 1. The van der Waals surface area contributed by atoms with Crippen LogP contribution < -0.4 is 14.9 Å². The largest absolute Gasteiger partial charge is 0.504 e. The molecule has 6 heteroatoms. The third kappa shape index (κ3) is 5.53. The van der Waals surface area contributed by atoms with Gasteiger partial charge >= 0.3 is 0 Å². The van der Waals surface area contributed by atoms with Crippen molar-refractivity contribution in [3.05, 3.63) is 53.6 Å². The second-order valence-electron chi connectivity index (χ2n) is 5.37. The Kier molecular flexibility index (Phi) is 6.83. The molecule has 0 fully saturated rings. The minimum atomic E-state index is -0.392. The minimum absolute atomic E-state index is 0.0357. The molecule has 1 amide bonds. The average Bonchev–Trinajstić information content (AvgIpc) is 2.63. The predicted octanol–water partition coefficient (Wildman–Crippen LogP) is 2.88. The molecular weight excluding hydrogens is 320 g/mol. The van der Waals surface area contributed by atoms with Crippen LogP contribution >= 0.6 is 0 Å². The van der Waals surface area contributed by atoms with Crippen molar-refractivity contribution >= 4 is 12.1 Å². The SMILES string of the molecule is CCCc1ccc(OCC(=O)N/N=C\c2cccc(OC)c2O)cc1. The number of rotatable bonds is 8. The average molecular weight is 342 g/mol. The van der Waals surface area contributed by atoms with Crippen molar-refractivity contribution in [2.24, 2.45) is 5.10 Å². The maximum Gasteiger partial charge on any atom is 0.277 e. The molecule has 2 N–H and O–H groups in total. The van der Waals surface area contributed by atoms with Crippen LogP contribution in [0.4, 0.5) is 0 Å². The Balaban J connectivity index is 1.82. The maximum atomic E-state index is 11.7. The number of ether oxygens (including phenoxy) is 2. The molecule has 0 radical (unpaired) electrons. The molecule has 0 bridgehead atoms. The molecule has 0 aliphatic carbocycles. The van der Waals surface area contributed by atoms with Gasteiger partial charge in [-0.3, -0.25) is 4.79 Å². The molecular formula is C19H22N2O4. The summed E-state index contributed by atoms with van der Waals surface area (Å²) >= 11 is 0. The number of benzene rings is 2. The van der Waals surface area contributed by atoms with E-state index < -0.39 is 5.91 Å². The lowest BCUT2D eigenvalue weighted by Gasteiger charge is -2.06. The third-order valence-corrected chi connectivity index (χ3v) is 3.47. The molecule has 6 nitrogen and oxygen atoms in total. The standard InChI is InChI=1S/C19H22N2O4/c1-3-5-14-8-10-16(11-9-14)25-13-18(22)21-20-12-15-6-4-7-17(24-2)19(15)23/h4,6-12,23H,3,5,13H2,1-2H3,(H,21,22)/b20-12-. The Morgan fingerprint density at radius 2 is 2.00 bits per heavy atom. The van der Waals surface area contributed by atoms with E-state index in [2.05, 4.69) is 17.5 Å². The third-order valence-electron chi connectivity index (χ3n) is 3.47. The van der Waals surface area contributed by atoms with Crippen LogP contribution in [0, 0.1) is 0 Å². The lowest BCUT2D eigenvalue weighted by molar-refractivity contribution is -0.123. The smallest absolute Gasteiger partial charge is 0.277 e. The van der Waals surface area contributed by atoms with Gasteiger partial charge in [-0.05, 0) is 36.2 Å². The fraction of sp³-hybridized carbons (Fsp3) is 0.263. The fourth-order valence-corrected chi connectivity index (χ4v) is 2.20. The molecule has 0 aliphatic heterocycles. The van der Waals surface area contributed by atoms with E-state index in [9.17, 15) is 9.90 Å². The molecule has 0 saturated heterocycles. The maximum absolute atomic E-state index is 11.7. The number of para-hydroxylation sites is 1. The summed E-state index contributed by atoms with van der Waals surface area (Å²) in [7, 11) is 1.46. The van der Waals surface area contributed by atoms with Gasteiger partial charge in [0.25, 0.3) is 5.91 Å². The Labute approximate surface area is 147 Å². The van der Waals surface area contributed by atoms with E-state index in [0.29, 0.717) is 17.1 Å². The number of hydrogen-bond acceptors (Lipinski definition) is 5. The molecule has 25 heavy (non-hydrogen) atoms. The Morgan fingerprint density at radius 3 is 2.68 bits per heavy atom. The number of amides is 1. The van der Waals surface area contributed by atoms with E-state index in [-0.39, 0.29) is 12.4 Å². The van der Waals surface area contributed by atoms with Crippen LogP contribution in [-0.4, -0.2) is 30.9 Å². The Hall–Kier alpha value is -3.02. The topological polar surface area (TPSA) is 80.2 Å². The first kappa shape index (κ1) is 18.3. The molecule has 0 saturated carbocycles. The molecule has 2 aromatic rings. The van der Waals surface area contributed by atoms with Crippen LogP contribution in [0.2, 0.25) is 0 Å². The minimum Gasteiger partial charge on any atom is -0.504 e. The van der Waals surface area contributed by atoms with E-state index >= 15 is 0 Å². The Morgan fingerprint density at radius 1 is 1.24 bits per heavy atom. The van der Waals surface area contributed by atoms with E-state index in [0.717, 1.165) is 12.8 Å². The van der Waals surface area contributed by atoms with Crippen molar-refractivity contribution in [3.8, 4) is 17.2 Å². The van der Waals surface area contributed by atoms with Gasteiger partial charge in [-0.15, -0.1) is 0 Å². The van der Waals surface area contributed by atoms with E-state index in [4.69, 9.17) is 9.47 Å². The van der Waals surface area contributed by atoms with Crippen LogP contribution in [0.3, 0.4) is 0 Å². The van der Waals surface area contributed by atoms with Crippen molar-refractivity contribution in [2.45, 2.75) is 19.8 Å². The number of phenolic OH excluding ortho intramolecular Hbond substituents is 1. The second kappa shape index (κ2) is 9.32.